The average molecular weight is 413 g/mol. The van der Waals surface area contributed by atoms with Gasteiger partial charge in [-0.05, 0) is 50.7 Å². The number of piperidine rings is 1. The molecule has 3 N–H and O–H groups in total. The summed E-state index contributed by atoms with van der Waals surface area (Å²) in [6.45, 7) is 4.53. The van der Waals surface area contributed by atoms with Gasteiger partial charge in [-0.15, -0.1) is 0 Å². The number of anilines is 1. The molecule has 1 aromatic rings. The largest absolute Gasteiger partial charge is 0.450 e. The highest BCUT2D eigenvalue weighted by molar-refractivity contribution is 5.80. The third-order valence-corrected chi connectivity index (χ3v) is 5.61. The number of hydrogen-bond acceptors (Lipinski definition) is 5. The fraction of sp³-hybridized carbons (Fsp3) is 0.591. The molecule has 2 aliphatic rings. The standard InChI is InChI=1S/C22H32N6O2/c1-3-30-22(29)27-19(16-10-11-16)14-25-21(24-2)26-18-8-6-12-28(15-18)20-9-5-4-7-17(20)13-23/h4-5,7,9,16,18-19H,3,6,8,10-12,14-15H2,1-2H3,(H,27,29)(H2,24,25,26). The monoisotopic (exact) mass is 412 g/mol. The van der Waals surface area contributed by atoms with Crippen molar-refractivity contribution in [3.8, 4) is 6.07 Å². The molecular weight excluding hydrogens is 380 g/mol. The zero-order chi connectivity index (χ0) is 21.3. The van der Waals surface area contributed by atoms with E-state index in [2.05, 4.69) is 31.9 Å². The Morgan fingerprint density at radius 3 is 2.87 bits per heavy atom. The Morgan fingerprint density at radius 2 is 2.17 bits per heavy atom. The lowest BCUT2D eigenvalue weighted by atomic mass is 10.0. The number of hydrogen-bond donors (Lipinski definition) is 3. The number of aliphatic imine (C=N–C) groups is 1. The number of carbonyl (C=O) groups is 1. The second kappa shape index (κ2) is 10.7. The number of nitrogens with zero attached hydrogens (tertiary/aromatic N) is 3. The summed E-state index contributed by atoms with van der Waals surface area (Å²) in [4.78, 5) is 18.4. The molecule has 1 saturated heterocycles. The topological polar surface area (TPSA) is 102 Å². The van der Waals surface area contributed by atoms with Crippen LogP contribution in [0.4, 0.5) is 10.5 Å². The molecular formula is C22H32N6O2. The zero-order valence-electron chi connectivity index (χ0n) is 17.9. The summed E-state index contributed by atoms with van der Waals surface area (Å²) in [5, 5.41) is 19.2. The number of guanidine groups is 1. The van der Waals surface area contributed by atoms with E-state index in [1.807, 2.05) is 24.3 Å². The smallest absolute Gasteiger partial charge is 0.407 e. The first-order chi connectivity index (χ1) is 14.6. The quantitative estimate of drug-likeness (QED) is 0.469. The van der Waals surface area contributed by atoms with Crippen molar-refractivity contribution in [2.45, 2.75) is 44.7 Å². The molecule has 2 atom stereocenters. The molecule has 1 amide bonds. The van der Waals surface area contributed by atoms with Crippen LogP contribution in [0.5, 0.6) is 0 Å². The van der Waals surface area contributed by atoms with E-state index >= 15 is 0 Å². The SMILES string of the molecule is CCOC(=O)NC(CNC(=NC)NC1CCCN(c2ccccc2C#N)C1)C1CC1. The molecule has 0 aromatic heterocycles. The maximum Gasteiger partial charge on any atom is 0.407 e. The summed E-state index contributed by atoms with van der Waals surface area (Å²) in [6, 6.07) is 10.3. The normalized spacial score (nSPS) is 20.1. The van der Waals surface area contributed by atoms with E-state index in [1.54, 1.807) is 14.0 Å². The van der Waals surface area contributed by atoms with E-state index in [0.717, 1.165) is 50.4 Å². The molecule has 1 saturated carbocycles. The van der Waals surface area contributed by atoms with Crippen LogP contribution in [0.15, 0.2) is 29.3 Å². The lowest BCUT2D eigenvalue weighted by Gasteiger charge is -2.36. The highest BCUT2D eigenvalue weighted by Crippen LogP contribution is 2.32. The number of rotatable bonds is 7. The van der Waals surface area contributed by atoms with Crippen LogP contribution in [0.3, 0.4) is 0 Å². The van der Waals surface area contributed by atoms with Crippen molar-refractivity contribution < 1.29 is 9.53 Å². The number of amides is 1. The second-order valence-electron chi connectivity index (χ2n) is 7.82. The van der Waals surface area contributed by atoms with Crippen molar-refractivity contribution in [3.05, 3.63) is 29.8 Å². The fourth-order valence-corrected chi connectivity index (χ4v) is 3.91. The highest BCUT2D eigenvalue weighted by atomic mass is 16.5. The first-order valence-corrected chi connectivity index (χ1v) is 10.8. The van der Waals surface area contributed by atoms with Crippen molar-refractivity contribution >= 4 is 17.7 Å². The zero-order valence-corrected chi connectivity index (χ0v) is 17.9. The van der Waals surface area contributed by atoms with Crippen molar-refractivity contribution in [3.63, 3.8) is 0 Å². The van der Waals surface area contributed by atoms with E-state index < -0.39 is 0 Å². The first-order valence-electron chi connectivity index (χ1n) is 10.8. The Balaban J connectivity index is 1.53. The Hall–Kier alpha value is -2.95. The van der Waals surface area contributed by atoms with Crippen LogP contribution < -0.4 is 20.9 Å². The maximum absolute atomic E-state index is 11.8. The molecule has 1 aliphatic heterocycles. The van der Waals surface area contributed by atoms with Crippen molar-refractivity contribution in [1.29, 1.82) is 5.26 Å². The fourth-order valence-electron chi connectivity index (χ4n) is 3.91. The Labute approximate surface area is 178 Å². The third kappa shape index (κ3) is 6.02. The van der Waals surface area contributed by atoms with Gasteiger partial charge in [-0.2, -0.15) is 5.26 Å². The van der Waals surface area contributed by atoms with Crippen LogP contribution in [0.1, 0.15) is 38.2 Å². The van der Waals surface area contributed by atoms with Gasteiger partial charge < -0.3 is 25.6 Å². The second-order valence-corrected chi connectivity index (χ2v) is 7.82. The highest BCUT2D eigenvalue weighted by Gasteiger charge is 2.33. The van der Waals surface area contributed by atoms with Gasteiger partial charge in [0.15, 0.2) is 5.96 Å². The van der Waals surface area contributed by atoms with Crippen LogP contribution in [0.2, 0.25) is 0 Å². The van der Waals surface area contributed by atoms with Gasteiger partial charge in [-0.25, -0.2) is 4.79 Å². The number of benzene rings is 1. The Kier molecular flexibility index (Phi) is 7.77. The molecule has 1 aliphatic carbocycles. The van der Waals surface area contributed by atoms with Crippen LogP contribution in [-0.2, 0) is 4.74 Å². The summed E-state index contributed by atoms with van der Waals surface area (Å²) < 4.78 is 5.03. The molecule has 3 rings (SSSR count). The maximum atomic E-state index is 11.8. The van der Waals surface area contributed by atoms with Gasteiger partial charge in [-0.3, -0.25) is 4.99 Å². The van der Waals surface area contributed by atoms with Gasteiger partial charge in [0.2, 0.25) is 0 Å². The number of para-hydroxylation sites is 1. The summed E-state index contributed by atoms with van der Waals surface area (Å²) in [6.07, 6.45) is 3.97. The van der Waals surface area contributed by atoms with Gasteiger partial charge in [-0.1, -0.05) is 12.1 Å². The molecule has 2 fully saturated rings. The van der Waals surface area contributed by atoms with Crippen LogP contribution >= 0.6 is 0 Å². The number of alkyl carbamates (subject to hydrolysis) is 1. The molecule has 30 heavy (non-hydrogen) atoms. The van der Waals surface area contributed by atoms with E-state index in [4.69, 9.17) is 4.74 Å². The minimum Gasteiger partial charge on any atom is -0.450 e. The predicted molar refractivity (Wildman–Crippen MR) is 118 cm³/mol. The number of carbonyl (C=O) groups excluding carboxylic acids is 1. The number of ether oxygens (including phenoxy) is 1. The molecule has 162 valence electrons. The van der Waals surface area contributed by atoms with Crippen LogP contribution in [-0.4, -0.2) is 57.4 Å². The molecule has 8 heteroatoms. The van der Waals surface area contributed by atoms with Gasteiger partial charge in [0.05, 0.1) is 23.9 Å². The van der Waals surface area contributed by atoms with E-state index in [0.29, 0.717) is 24.6 Å². The molecule has 8 nitrogen and oxygen atoms in total. The van der Waals surface area contributed by atoms with Crippen LogP contribution in [0, 0.1) is 17.2 Å². The van der Waals surface area contributed by atoms with E-state index in [-0.39, 0.29) is 18.2 Å². The summed E-state index contributed by atoms with van der Waals surface area (Å²) >= 11 is 0. The minimum absolute atomic E-state index is 0.0351. The lowest BCUT2D eigenvalue weighted by Crippen LogP contribution is -2.53. The predicted octanol–water partition coefficient (Wildman–Crippen LogP) is 2.22. The number of nitrogens with one attached hydrogen (secondary N) is 3. The van der Waals surface area contributed by atoms with Gasteiger partial charge in [0, 0.05) is 32.7 Å². The van der Waals surface area contributed by atoms with E-state index in [1.165, 1.54) is 0 Å². The molecule has 0 radical (unpaired) electrons. The first kappa shape index (κ1) is 21.8. The van der Waals surface area contributed by atoms with E-state index in [9.17, 15) is 10.1 Å². The van der Waals surface area contributed by atoms with Gasteiger partial charge >= 0.3 is 6.09 Å². The molecule has 0 bridgehead atoms. The average Bonchev–Trinajstić information content (AvgIpc) is 3.61. The third-order valence-electron chi connectivity index (χ3n) is 5.61. The number of nitriles is 1. The van der Waals surface area contributed by atoms with Crippen molar-refractivity contribution in [2.75, 3.05) is 38.2 Å². The molecule has 0 spiro atoms. The summed E-state index contributed by atoms with van der Waals surface area (Å²) in [5.41, 5.74) is 1.69. The Bertz CT molecular complexity index is 786. The van der Waals surface area contributed by atoms with Crippen molar-refractivity contribution in [1.82, 2.24) is 16.0 Å². The van der Waals surface area contributed by atoms with Gasteiger partial charge in [0.25, 0.3) is 0 Å². The van der Waals surface area contributed by atoms with Gasteiger partial charge in [0.1, 0.15) is 6.07 Å². The summed E-state index contributed by atoms with van der Waals surface area (Å²) in [7, 11) is 1.76. The van der Waals surface area contributed by atoms with Crippen LogP contribution in [0.25, 0.3) is 0 Å². The molecule has 1 aromatic carbocycles. The van der Waals surface area contributed by atoms with Crippen molar-refractivity contribution in [2.24, 2.45) is 10.9 Å². The molecule has 1 heterocycles. The minimum atomic E-state index is -0.363. The Morgan fingerprint density at radius 1 is 1.37 bits per heavy atom. The molecule has 2 unspecified atom stereocenters. The summed E-state index contributed by atoms with van der Waals surface area (Å²) in [5.74, 6) is 1.22. The lowest BCUT2D eigenvalue weighted by molar-refractivity contribution is 0.146.